The van der Waals surface area contributed by atoms with Crippen molar-refractivity contribution in [2.24, 2.45) is 11.8 Å². The number of carbonyl (C=O) groups is 2. The molecule has 4 rings (SSSR count). The van der Waals surface area contributed by atoms with Crippen LogP contribution in [-0.4, -0.2) is 65.9 Å². The molecule has 0 aliphatic carbocycles. The molecule has 2 atom stereocenters. The monoisotopic (exact) mass is 366 g/mol. The Labute approximate surface area is 154 Å². The second-order valence-corrected chi connectivity index (χ2v) is 7.35. The molecule has 3 fully saturated rings. The second-order valence-electron chi connectivity index (χ2n) is 7.35. The zero-order chi connectivity index (χ0) is 16.5. The summed E-state index contributed by atoms with van der Waals surface area (Å²) in [4.78, 5) is 32.0. The maximum Gasteiger partial charge on any atom is 0.270 e. The van der Waals surface area contributed by atoms with E-state index in [1.54, 1.807) is 12.3 Å². The van der Waals surface area contributed by atoms with Gasteiger partial charge in [-0.2, -0.15) is 0 Å². The number of hydrogen-bond donors (Lipinski definition) is 2. The van der Waals surface area contributed by atoms with Gasteiger partial charge in [0.15, 0.2) is 0 Å². The molecule has 0 unspecified atom stereocenters. The zero-order valence-corrected chi connectivity index (χ0v) is 15.3. The Balaban J connectivity index is 0.00000182. The smallest absolute Gasteiger partial charge is 0.270 e. The van der Waals surface area contributed by atoms with Gasteiger partial charge in [0.25, 0.3) is 11.8 Å². The molecule has 0 aromatic carbocycles. The molecule has 0 spiro atoms. The van der Waals surface area contributed by atoms with Crippen molar-refractivity contribution in [2.45, 2.75) is 25.7 Å². The van der Waals surface area contributed by atoms with E-state index in [0.29, 0.717) is 23.1 Å². The van der Waals surface area contributed by atoms with Crippen LogP contribution in [0.4, 0.5) is 0 Å². The van der Waals surface area contributed by atoms with E-state index in [1.165, 1.54) is 0 Å². The van der Waals surface area contributed by atoms with Crippen molar-refractivity contribution in [1.29, 1.82) is 0 Å². The number of aromatic nitrogens is 1. The third-order valence-electron chi connectivity index (χ3n) is 5.86. The van der Waals surface area contributed by atoms with E-state index in [0.717, 1.165) is 65.0 Å². The first-order valence-electron chi connectivity index (χ1n) is 9.20. The molecule has 1 aromatic rings. The lowest BCUT2D eigenvalue weighted by molar-refractivity contribution is 0.0758. The van der Waals surface area contributed by atoms with Gasteiger partial charge in [0.1, 0.15) is 5.69 Å². The lowest BCUT2D eigenvalue weighted by Gasteiger charge is -2.20. The van der Waals surface area contributed by atoms with Gasteiger partial charge >= 0.3 is 0 Å². The summed E-state index contributed by atoms with van der Waals surface area (Å²) in [5.41, 5.74) is 1.15. The summed E-state index contributed by atoms with van der Waals surface area (Å²) in [6.45, 7) is 5.47. The third kappa shape index (κ3) is 3.70. The van der Waals surface area contributed by atoms with Gasteiger partial charge in [0.2, 0.25) is 0 Å². The molecule has 1 aromatic heterocycles. The Morgan fingerprint density at radius 3 is 2.16 bits per heavy atom. The Morgan fingerprint density at radius 1 is 0.920 bits per heavy atom. The van der Waals surface area contributed by atoms with Gasteiger partial charge in [-0.25, -0.2) is 0 Å². The number of aromatic amines is 1. The number of halogens is 1. The van der Waals surface area contributed by atoms with Gasteiger partial charge in [0, 0.05) is 32.4 Å². The predicted octanol–water partition coefficient (Wildman–Crippen LogP) is 1.74. The number of carbonyl (C=O) groups excluding carboxylic acids is 2. The Morgan fingerprint density at radius 2 is 1.52 bits per heavy atom. The third-order valence-corrected chi connectivity index (χ3v) is 5.86. The van der Waals surface area contributed by atoms with Crippen molar-refractivity contribution in [2.75, 3.05) is 39.3 Å². The topological polar surface area (TPSA) is 68.4 Å². The highest BCUT2D eigenvalue weighted by atomic mass is 35.5. The maximum absolute atomic E-state index is 12.8. The minimum atomic E-state index is 0. The highest BCUT2D eigenvalue weighted by molar-refractivity contribution is 5.99. The minimum absolute atomic E-state index is 0. The first-order chi connectivity index (χ1) is 11.7. The minimum Gasteiger partial charge on any atom is -0.356 e. The molecular weight excluding hydrogens is 340 g/mol. The fourth-order valence-electron chi connectivity index (χ4n) is 4.34. The number of rotatable bonds is 2. The highest BCUT2D eigenvalue weighted by Gasteiger charge is 2.32. The van der Waals surface area contributed by atoms with Crippen molar-refractivity contribution in [3.05, 3.63) is 23.5 Å². The van der Waals surface area contributed by atoms with Crippen LogP contribution in [0.25, 0.3) is 0 Å². The number of amides is 2. The summed E-state index contributed by atoms with van der Waals surface area (Å²) in [5, 5.41) is 3.46. The van der Waals surface area contributed by atoms with Crippen LogP contribution in [0.3, 0.4) is 0 Å². The summed E-state index contributed by atoms with van der Waals surface area (Å²) in [6, 6.07) is 1.73. The molecule has 0 saturated carbocycles. The maximum atomic E-state index is 12.8. The first-order valence-corrected chi connectivity index (χ1v) is 9.20. The van der Waals surface area contributed by atoms with Gasteiger partial charge in [-0.1, -0.05) is 0 Å². The lowest BCUT2D eigenvalue weighted by Crippen LogP contribution is -2.32. The van der Waals surface area contributed by atoms with Gasteiger partial charge < -0.3 is 20.1 Å². The first kappa shape index (κ1) is 18.3. The molecule has 2 N–H and O–H groups in total. The number of H-pyrrole nitrogens is 1. The second kappa shape index (κ2) is 7.79. The van der Waals surface area contributed by atoms with Gasteiger partial charge in [-0.15, -0.1) is 12.4 Å². The molecule has 0 bridgehead atoms. The van der Waals surface area contributed by atoms with Crippen LogP contribution in [0.5, 0.6) is 0 Å². The molecule has 25 heavy (non-hydrogen) atoms. The van der Waals surface area contributed by atoms with Crippen LogP contribution in [0, 0.1) is 11.8 Å². The molecule has 138 valence electrons. The van der Waals surface area contributed by atoms with Crippen molar-refractivity contribution in [3.63, 3.8) is 0 Å². The van der Waals surface area contributed by atoms with Crippen molar-refractivity contribution < 1.29 is 9.59 Å². The van der Waals surface area contributed by atoms with Crippen LogP contribution in [0.15, 0.2) is 12.3 Å². The zero-order valence-electron chi connectivity index (χ0n) is 14.5. The van der Waals surface area contributed by atoms with Crippen molar-refractivity contribution in [3.8, 4) is 0 Å². The number of likely N-dealkylation sites (tertiary alicyclic amines) is 2. The van der Waals surface area contributed by atoms with E-state index in [9.17, 15) is 9.59 Å². The molecule has 2 amide bonds. The average molecular weight is 367 g/mol. The molecule has 6 nitrogen and oxygen atoms in total. The van der Waals surface area contributed by atoms with Crippen LogP contribution >= 0.6 is 12.4 Å². The normalized spacial score (nSPS) is 26.1. The molecule has 3 saturated heterocycles. The average Bonchev–Trinajstić information content (AvgIpc) is 3.34. The van der Waals surface area contributed by atoms with Gasteiger partial charge in [-0.05, 0) is 56.7 Å². The fraction of sp³-hybridized carbons (Fsp3) is 0.667. The molecule has 4 heterocycles. The standard InChI is InChI=1S/C18H26N4O2.ClH/c23-17(22-7-3-13-10-19-11-14(13)4-8-22)15-9-16(20-12-15)18(24)21-5-1-2-6-21;/h9,12-14,19-20H,1-8,10-11H2;1H/t13-,14+;. The molecule has 7 heteroatoms. The molecule has 0 radical (unpaired) electrons. The van der Waals surface area contributed by atoms with Crippen molar-refractivity contribution >= 4 is 24.2 Å². The van der Waals surface area contributed by atoms with Gasteiger partial charge in [0.05, 0.1) is 5.56 Å². The fourth-order valence-corrected chi connectivity index (χ4v) is 4.34. The molecule has 3 aliphatic rings. The number of fused-ring (bicyclic) bond motifs is 1. The highest BCUT2D eigenvalue weighted by Crippen LogP contribution is 2.27. The SMILES string of the molecule is Cl.O=C(c1c[nH]c(C(=O)N2CCCC2)c1)N1CC[C@@H]2CNC[C@@H]2CC1. The van der Waals surface area contributed by atoms with Crippen LogP contribution < -0.4 is 5.32 Å². The van der Waals surface area contributed by atoms with Gasteiger partial charge in [-0.3, -0.25) is 9.59 Å². The van der Waals surface area contributed by atoms with Crippen LogP contribution in [0.2, 0.25) is 0 Å². The summed E-state index contributed by atoms with van der Waals surface area (Å²) < 4.78 is 0. The number of hydrogen-bond acceptors (Lipinski definition) is 3. The predicted molar refractivity (Wildman–Crippen MR) is 98.2 cm³/mol. The van der Waals surface area contributed by atoms with E-state index < -0.39 is 0 Å². The van der Waals surface area contributed by atoms with Crippen LogP contribution in [0.1, 0.15) is 46.5 Å². The van der Waals surface area contributed by atoms with E-state index in [2.05, 4.69) is 10.3 Å². The Hall–Kier alpha value is -1.53. The summed E-state index contributed by atoms with van der Waals surface area (Å²) in [5.74, 6) is 1.49. The van der Waals surface area contributed by atoms with E-state index in [-0.39, 0.29) is 24.2 Å². The van der Waals surface area contributed by atoms with Crippen LogP contribution in [-0.2, 0) is 0 Å². The molecule has 3 aliphatic heterocycles. The summed E-state index contributed by atoms with van der Waals surface area (Å²) in [7, 11) is 0. The lowest BCUT2D eigenvalue weighted by atomic mass is 9.92. The Bertz CT molecular complexity index is 612. The quantitative estimate of drug-likeness (QED) is 0.837. The molecular formula is C18H27ClN4O2. The van der Waals surface area contributed by atoms with E-state index >= 15 is 0 Å². The summed E-state index contributed by atoms with van der Waals surface area (Å²) >= 11 is 0. The Kier molecular flexibility index (Phi) is 5.69. The van der Waals surface area contributed by atoms with E-state index in [1.807, 2.05) is 9.80 Å². The van der Waals surface area contributed by atoms with E-state index in [4.69, 9.17) is 0 Å². The van der Waals surface area contributed by atoms with Crippen molar-refractivity contribution in [1.82, 2.24) is 20.1 Å². The number of nitrogens with one attached hydrogen (secondary N) is 2. The summed E-state index contributed by atoms with van der Waals surface area (Å²) in [6.07, 6.45) is 5.99. The largest absolute Gasteiger partial charge is 0.356 e. The number of nitrogens with zero attached hydrogens (tertiary/aromatic N) is 2.